The van der Waals surface area contributed by atoms with Crippen LogP contribution in [0, 0.1) is 6.92 Å². The molecule has 2 rings (SSSR count). The molecule has 0 aliphatic carbocycles. The van der Waals surface area contributed by atoms with Crippen molar-refractivity contribution in [2.24, 2.45) is 10.9 Å². The maximum absolute atomic E-state index is 11.6. The molecule has 1 amide bonds. The van der Waals surface area contributed by atoms with Crippen LogP contribution in [0.25, 0.3) is 0 Å². The Morgan fingerprint density at radius 1 is 1.40 bits per heavy atom. The molecule has 0 aliphatic rings. The number of oxime groups is 1. The molecule has 6 heteroatoms. The highest BCUT2D eigenvalue weighted by atomic mass is 32.1. The van der Waals surface area contributed by atoms with Crippen LogP contribution in [0.2, 0.25) is 0 Å². The molecule has 0 spiro atoms. The molecule has 5 nitrogen and oxygen atoms in total. The predicted octanol–water partition coefficient (Wildman–Crippen LogP) is 2.33. The Bertz CT molecular complexity index is 609. The molecular formula is C14H15N3O2S. The molecule has 3 N–H and O–H groups in total. The van der Waals surface area contributed by atoms with Crippen molar-refractivity contribution in [3.8, 4) is 0 Å². The molecule has 20 heavy (non-hydrogen) atoms. The first-order valence-corrected chi connectivity index (χ1v) is 6.89. The van der Waals surface area contributed by atoms with Crippen LogP contribution in [0.15, 0.2) is 46.9 Å². The van der Waals surface area contributed by atoms with Gasteiger partial charge in [-0.1, -0.05) is 23.4 Å². The number of hydrogen-bond donors (Lipinski definition) is 2. The average molecular weight is 289 g/mol. The second-order valence-electron chi connectivity index (χ2n) is 4.14. The summed E-state index contributed by atoms with van der Waals surface area (Å²) in [4.78, 5) is 17.4. The van der Waals surface area contributed by atoms with Crippen LogP contribution in [0.3, 0.4) is 0 Å². The SMILES string of the molecule is Cc1cccc(NC(=O)CON=C(N)c2cccs2)c1. The summed E-state index contributed by atoms with van der Waals surface area (Å²) in [5, 5.41) is 8.32. The van der Waals surface area contributed by atoms with E-state index in [9.17, 15) is 4.79 Å². The number of benzene rings is 1. The van der Waals surface area contributed by atoms with Crippen LogP contribution in [-0.4, -0.2) is 18.3 Å². The number of hydrogen-bond acceptors (Lipinski definition) is 4. The monoisotopic (exact) mass is 289 g/mol. The van der Waals surface area contributed by atoms with E-state index in [0.29, 0.717) is 0 Å². The van der Waals surface area contributed by atoms with E-state index in [-0.39, 0.29) is 18.3 Å². The lowest BCUT2D eigenvalue weighted by molar-refractivity contribution is -0.120. The number of anilines is 1. The number of amides is 1. The van der Waals surface area contributed by atoms with Crippen molar-refractivity contribution in [1.29, 1.82) is 0 Å². The molecule has 2 aromatic rings. The Hall–Kier alpha value is -2.34. The second kappa shape index (κ2) is 6.72. The second-order valence-corrected chi connectivity index (χ2v) is 5.09. The van der Waals surface area contributed by atoms with Crippen LogP contribution in [0.1, 0.15) is 10.4 Å². The van der Waals surface area contributed by atoms with Crippen LogP contribution in [-0.2, 0) is 9.63 Å². The molecule has 0 aliphatic heterocycles. The topological polar surface area (TPSA) is 76.7 Å². The predicted molar refractivity (Wildman–Crippen MR) is 80.8 cm³/mol. The van der Waals surface area contributed by atoms with Crippen molar-refractivity contribution in [2.75, 3.05) is 11.9 Å². The van der Waals surface area contributed by atoms with Crippen LogP contribution >= 0.6 is 11.3 Å². The number of nitrogens with two attached hydrogens (primary N) is 1. The van der Waals surface area contributed by atoms with Gasteiger partial charge in [-0.25, -0.2) is 0 Å². The van der Waals surface area contributed by atoms with E-state index in [4.69, 9.17) is 10.6 Å². The van der Waals surface area contributed by atoms with Crippen molar-refractivity contribution < 1.29 is 9.63 Å². The van der Waals surface area contributed by atoms with Gasteiger partial charge < -0.3 is 15.9 Å². The van der Waals surface area contributed by atoms with Crippen molar-refractivity contribution >= 4 is 28.8 Å². The Kier molecular flexibility index (Phi) is 4.73. The van der Waals surface area contributed by atoms with Crippen LogP contribution < -0.4 is 11.1 Å². The van der Waals surface area contributed by atoms with Gasteiger partial charge in [-0.3, -0.25) is 4.79 Å². The third-order valence-corrected chi connectivity index (χ3v) is 3.33. The first kappa shape index (κ1) is 14.1. The maximum Gasteiger partial charge on any atom is 0.265 e. The maximum atomic E-state index is 11.6. The summed E-state index contributed by atoms with van der Waals surface area (Å²) < 4.78 is 0. The zero-order valence-corrected chi connectivity index (χ0v) is 11.8. The molecule has 0 bridgehead atoms. The minimum atomic E-state index is -0.279. The van der Waals surface area contributed by atoms with E-state index in [1.165, 1.54) is 11.3 Å². The molecule has 0 radical (unpaired) electrons. The third-order valence-electron chi connectivity index (χ3n) is 2.43. The lowest BCUT2D eigenvalue weighted by Gasteiger charge is -2.05. The molecule has 0 saturated heterocycles. The van der Waals surface area contributed by atoms with E-state index in [1.807, 2.05) is 48.7 Å². The standard InChI is InChI=1S/C14H15N3O2S/c1-10-4-2-5-11(8-10)16-13(18)9-19-17-14(15)12-6-3-7-20-12/h2-8H,9H2,1H3,(H2,15,17)(H,16,18). The van der Waals surface area contributed by atoms with Gasteiger partial charge in [0.15, 0.2) is 12.4 Å². The van der Waals surface area contributed by atoms with Crippen LogP contribution in [0.5, 0.6) is 0 Å². The lowest BCUT2D eigenvalue weighted by Crippen LogP contribution is -2.19. The van der Waals surface area contributed by atoms with Gasteiger partial charge in [0.05, 0.1) is 4.88 Å². The fourth-order valence-corrected chi connectivity index (χ4v) is 2.17. The van der Waals surface area contributed by atoms with Crippen molar-refractivity contribution in [2.45, 2.75) is 6.92 Å². The van der Waals surface area contributed by atoms with Gasteiger partial charge in [0.1, 0.15) is 0 Å². The first-order chi connectivity index (χ1) is 9.65. The number of aryl methyl sites for hydroxylation is 1. The number of nitrogens with one attached hydrogen (secondary N) is 1. The highest BCUT2D eigenvalue weighted by Gasteiger charge is 2.04. The molecule has 104 valence electrons. The summed E-state index contributed by atoms with van der Waals surface area (Å²) in [6.45, 7) is 1.78. The molecule has 0 saturated carbocycles. The Labute approximate surface area is 121 Å². The minimum Gasteiger partial charge on any atom is -0.384 e. The molecule has 0 fully saturated rings. The Morgan fingerprint density at radius 2 is 2.25 bits per heavy atom. The summed E-state index contributed by atoms with van der Waals surface area (Å²) in [6, 6.07) is 11.2. The Morgan fingerprint density at radius 3 is 2.95 bits per heavy atom. The summed E-state index contributed by atoms with van der Waals surface area (Å²) in [6.07, 6.45) is 0. The number of nitrogens with zero attached hydrogens (tertiary/aromatic N) is 1. The van der Waals surface area contributed by atoms with Crippen molar-refractivity contribution in [1.82, 2.24) is 0 Å². The molecule has 1 aromatic heterocycles. The highest BCUT2D eigenvalue weighted by molar-refractivity contribution is 7.12. The summed E-state index contributed by atoms with van der Waals surface area (Å²) >= 11 is 1.46. The van der Waals surface area contributed by atoms with E-state index in [0.717, 1.165) is 16.1 Å². The molecule has 1 heterocycles. The summed E-state index contributed by atoms with van der Waals surface area (Å²) in [7, 11) is 0. The Balaban J connectivity index is 1.82. The van der Waals surface area contributed by atoms with Gasteiger partial charge in [-0.05, 0) is 36.1 Å². The number of amidine groups is 1. The zero-order chi connectivity index (χ0) is 14.4. The van der Waals surface area contributed by atoms with Gasteiger partial charge in [-0.15, -0.1) is 11.3 Å². The van der Waals surface area contributed by atoms with Gasteiger partial charge in [0.2, 0.25) is 0 Å². The smallest absolute Gasteiger partial charge is 0.265 e. The summed E-state index contributed by atoms with van der Waals surface area (Å²) in [5.41, 5.74) is 7.51. The largest absolute Gasteiger partial charge is 0.384 e. The number of thiophene rings is 1. The van der Waals surface area contributed by atoms with E-state index in [1.54, 1.807) is 0 Å². The van der Waals surface area contributed by atoms with Gasteiger partial charge in [-0.2, -0.15) is 0 Å². The number of rotatable bonds is 5. The van der Waals surface area contributed by atoms with E-state index < -0.39 is 0 Å². The number of carbonyl (C=O) groups excluding carboxylic acids is 1. The van der Waals surface area contributed by atoms with Crippen molar-refractivity contribution in [3.63, 3.8) is 0 Å². The normalized spacial score (nSPS) is 11.2. The lowest BCUT2D eigenvalue weighted by atomic mass is 10.2. The average Bonchev–Trinajstić information content (AvgIpc) is 2.92. The third kappa shape index (κ3) is 4.10. The molecule has 1 aromatic carbocycles. The number of carbonyl (C=O) groups is 1. The minimum absolute atomic E-state index is 0.181. The fourth-order valence-electron chi connectivity index (χ4n) is 1.55. The van der Waals surface area contributed by atoms with E-state index in [2.05, 4.69) is 10.5 Å². The molecule has 0 unspecified atom stereocenters. The first-order valence-electron chi connectivity index (χ1n) is 6.01. The van der Waals surface area contributed by atoms with Crippen molar-refractivity contribution in [3.05, 3.63) is 52.2 Å². The highest BCUT2D eigenvalue weighted by Crippen LogP contribution is 2.09. The zero-order valence-electron chi connectivity index (χ0n) is 11.0. The molecular weight excluding hydrogens is 274 g/mol. The summed E-state index contributed by atoms with van der Waals surface area (Å²) in [5.74, 6) is -0.0123. The van der Waals surface area contributed by atoms with Crippen LogP contribution in [0.4, 0.5) is 5.69 Å². The van der Waals surface area contributed by atoms with Gasteiger partial charge in [0.25, 0.3) is 5.91 Å². The van der Waals surface area contributed by atoms with E-state index >= 15 is 0 Å². The van der Waals surface area contributed by atoms with Gasteiger partial charge >= 0.3 is 0 Å². The molecule has 0 atom stereocenters. The quantitative estimate of drug-likeness (QED) is 0.504. The van der Waals surface area contributed by atoms with Gasteiger partial charge in [0, 0.05) is 5.69 Å². The fraction of sp³-hybridized carbons (Fsp3) is 0.143.